The molecule has 11 heteroatoms. The third-order valence-corrected chi connectivity index (χ3v) is 4.79. The van der Waals surface area contributed by atoms with Gasteiger partial charge in [0.2, 0.25) is 11.0 Å². The van der Waals surface area contributed by atoms with Gasteiger partial charge in [0.1, 0.15) is 5.75 Å². The normalized spacial score (nSPS) is 11.3. The number of azo groups is 1. The molecule has 27 heavy (non-hydrogen) atoms. The van der Waals surface area contributed by atoms with Crippen LogP contribution in [0.2, 0.25) is 0 Å². The first-order valence-electron chi connectivity index (χ1n) is 7.74. The Balaban J connectivity index is 2.17. The third kappa shape index (κ3) is 4.40. The molecule has 0 saturated carbocycles. The summed E-state index contributed by atoms with van der Waals surface area (Å²) in [4.78, 5) is 20.4. The molecule has 9 nitrogen and oxygen atoms in total. The molecule has 0 aliphatic carbocycles. The molecule has 0 unspecified atom stereocenters. The summed E-state index contributed by atoms with van der Waals surface area (Å²) in [6.07, 6.45) is 1.93. The Morgan fingerprint density at radius 2 is 2.30 bits per heavy atom. The zero-order valence-electron chi connectivity index (χ0n) is 14.1. The standard InChI is InChI=1S/C16H15N5O4S2/c1-2-13(22)19-10-5-3-4-9-14(10)11(20-21-16-18-6-7-26-16)8-12(15(9)23)27-25-24-17/h3-8,23H,2,17H2,1H3,(H,19,22). The van der Waals surface area contributed by atoms with E-state index >= 15 is 0 Å². The Morgan fingerprint density at radius 1 is 1.44 bits per heavy atom. The summed E-state index contributed by atoms with van der Waals surface area (Å²) in [7, 11) is 0. The number of nitrogens with zero attached hydrogens (tertiary/aromatic N) is 3. The smallest absolute Gasteiger partial charge is 0.229 e. The van der Waals surface area contributed by atoms with Crippen LogP contribution in [-0.2, 0) is 14.1 Å². The molecule has 0 atom stereocenters. The Hall–Kier alpha value is -2.57. The molecule has 4 N–H and O–H groups in total. The maximum absolute atomic E-state index is 11.9. The van der Waals surface area contributed by atoms with Crippen molar-refractivity contribution < 1.29 is 19.2 Å². The number of thiazole rings is 1. The molecular weight excluding hydrogens is 390 g/mol. The lowest BCUT2D eigenvalue weighted by Crippen LogP contribution is -2.09. The Morgan fingerprint density at radius 3 is 3.00 bits per heavy atom. The van der Waals surface area contributed by atoms with E-state index in [2.05, 4.69) is 29.9 Å². The molecule has 3 rings (SSSR count). The van der Waals surface area contributed by atoms with Crippen LogP contribution >= 0.6 is 23.4 Å². The number of hydrogen-bond acceptors (Lipinski definition) is 10. The summed E-state index contributed by atoms with van der Waals surface area (Å²) in [5.74, 6) is 4.65. The number of phenols is 1. The van der Waals surface area contributed by atoms with E-state index in [-0.39, 0.29) is 11.7 Å². The quantitative estimate of drug-likeness (QED) is 0.227. The Bertz CT molecular complexity index is 979. The fourth-order valence-corrected chi connectivity index (χ4v) is 3.24. The van der Waals surface area contributed by atoms with Crippen molar-refractivity contribution in [2.75, 3.05) is 5.32 Å². The second-order valence-corrected chi connectivity index (χ2v) is 6.75. The van der Waals surface area contributed by atoms with Crippen molar-refractivity contribution in [1.29, 1.82) is 0 Å². The maximum atomic E-state index is 11.9. The second-order valence-electron chi connectivity index (χ2n) is 5.13. The minimum Gasteiger partial charge on any atom is -0.506 e. The highest BCUT2D eigenvalue weighted by atomic mass is 32.2. The molecule has 0 spiro atoms. The lowest BCUT2D eigenvalue weighted by molar-refractivity contribution is -0.195. The SMILES string of the molecule is CCC(=O)Nc1cccc2c(O)c(SOON)cc(N=Nc3nccs3)c12. The van der Waals surface area contributed by atoms with E-state index in [9.17, 15) is 9.90 Å². The van der Waals surface area contributed by atoms with Crippen LogP contribution in [0.15, 0.2) is 51.0 Å². The topological polar surface area (TPSA) is 131 Å². The highest BCUT2D eigenvalue weighted by Crippen LogP contribution is 2.44. The van der Waals surface area contributed by atoms with Crippen molar-refractivity contribution in [1.82, 2.24) is 4.98 Å². The highest BCUT2D eigenvalue weighted by Gasteiger charge is 2.17. The minimum atomic E-state index is -0.164. The maximum Gasteiger partial charge on any atom is 0.229 e. The van der Waals surface area contributed by atoms with Crippen LogP contribution in [0.1, 0.15) is 13.3 Å². The van der Waals surface area contributed by atoms with Crippen LogP contribution in [0.5, 0.6) is 5.75 Å². The minimum absolute atomic E-state index is 0.0622. The average molecular weight is 405 g/mol. The van der Waals surface area contributed by atoms with Crippen molar-refractivity contribution >= 4 is 56.6 Å². The van der Waals surface area contributed by atoms with E-state index < -0.39 is 0 Å². The summed E-state index contributed by atoms with van der Waals surface area (Å²) in [5.41, 5.74) is 0.920. The summed E-state index contributed by atoms with van der Waals surface area (Å²) in [6.45, 7) is 1.75. The summed E-state index contributed by atoms with van der Waals surface area (Å²) in [6, 6.07) is 6.69. The molecule has 3 aromatic rings. The molecule has 0 fully saturated rings. The van der Waals surface area contributed by atoms with Gasteiger partial charge in [0.25, 0.3) is 0 Å². The lowest BCUT2D eigenvalue weighted by atomic mass is 10.1. The number of phenolic OH excluding ortho intramolecular Hbond substituents is 1. The fraction of sp³-hybridized carbons (Fsp3) is 0.125. The first-order chi connectivity index (χ1) is 13.1. The number of anilines is 1. The van der Waals surface area contributed by atoms with E-state index in [0.717, 1.165) is 12.0 Å². The summed E-state index contributed by atoms with van der Waals surface area (Å²) >= 11 is 2.05. The van der Waals surface area contributed by atoms with Gasteiger partial charge in [-0.1, -0.05) is 19.1 Å². The van der Waals surface area contributed by atoms with Crippen molar-refractivity contribution in [3.63, 3.8) is 0 Å². The fourth-order valence-electron chi connectivity index (χ4n) is 2.33. The van der Waals surface area contributed by atoms with Crippen LogP contribution in [0, 0.1) is 0 Å². The van der Waals surface area contributed by atoms with Gasteiger partial charge in [-0.05, 0) is 12.1 Å². The van der Waals surface area contributed by atoms with E-state index in [0.29, 0.717) is 38.6 Å². The molecule has 0 bridgehead atoms. The molecule has 0 saturated heterocycles. The number of benzene rings is 2. The number of hydrogen-bond donors (Lipinski definition) is 3. The van der Waals surface area contributed by atoms with Crippen molar-refractivity contribution in [3.8, 4) is 5.75 Å². The van der Waals surface area contributed by atoms with E-state index in [1.54, 1.807) is 42.8 Å². The van der Waals surface area contributed by atoms with Gasteiger partial charge in [-0.2, -0.15) is 5.90 Å². The first kappa shape index (κ1) is 19.2. The zero-order valence-corrected chi connectivity index (χ0v) is 15.7. The number of carbonyl (C=O) groups is 1. The molecular formula is C16H15N5O4S2. The molecule has 0 radical (unpaired) electrons. The Kier molecular flexibility index (Phi) is 6.32. The molecule has 140 valence electrons. The van der Waals surface area contributed by atoms with Gasteiger partial charge in [0, 0.05) is 28.8 Å². The van der Waals surface area contributed by atoms with Crippen LogP contribution < -0.4 is 11.2 Å². The lowest BCUT2D eigenvalue weighted by Gasteiger charge is -2.13. The highest BCUT2D eigenvalue weighted by molar-refractivity contribution is 7.94. The van der Waals surface area contributed by atoms with Crippen LogP contribution in [0.25, 0.3) is 10.8 Å². The van der Waals surface area contributed by atoms with Crippen molar-refractivity contribution in [3.05, 3.63) is 35.8 Å². The van der Waals surface area contributed by atoms with Crippen LogP contribution in [0.4, 0.5) is 16.5 Å². The number of carbonyl (C=O) groups excluding carboxylic acids is 1. The summed E-state index contributed by atoms with van der Waals surface area (Å²) in [5, 5.41) is 25.0. The number of fused-ring (bicyclic) bond motifs is 1. The average Bonchev–Trinajstić information content (AvgIpc) is 3.20. The number of nitrogens with one attached hydrogen (secondary N) is 1. The number of amides is 1. The summed E-state index contributed by atoms with van der Waals surface area (Å²) < 4.78 is 4.65. The van der Waals surface area contributed by atoms with Crippen LogP contribution in [-0.4, -0.2) is 16.0 Å². The van der Waals surface area contributed by atoms with Crippen molar-refractivity contribution in [2.45, 2.75) is 18.2 Å². The van der Waals surface area contributed by atoms with Crippen molar-refractivity contribution in [2.24, 2.45) is 16.1 Å². The van der Waals surface area contributed by atoms with Gasteiger partial charge in [-0.15, -0.1) is 30.9 Å². The molecule has 0 aliphatic rings. The van der Waals surface area contributed by atoms with Gasteiger partial charge in [-0.3, -0.25) is 4.79 Å². The van der Waals surface area contributed by atoms with E-state index in [4.69, 9.17) is 5.90 Å². The largest absolute Gasteiger partial charge is 0.506 e. The van der Waals surface area contributed by atoms with E-state index in [1.807, 2.05) is 0 Å². The van der Waals surface area contributed by atoms with Gasteiger partial charge in [-0.25, -0.2) is 4.98 Å². The molecule has 2 aromatic carbocycles. The van der Waals surface area contributed by atoms with Crippen LogP contribution in [0.3, 0.4) is 0 Å². The van der Waals surface area contributed by atoms with Gasteiger partial charge in [0.05, 0.1) is 28.3 Å². The molecule has 0 aliphatic heterocycles. The second kappa shape index (κ2) is 8.88. The predicted octanol–water partition coefficient (Wildman–Crippen LogP) is 4.59. The van der Waals surface area contributed by atoms with Gasteiger partial charge >= 0.3 is 0 Å². The molecule has 1 amide bonds. The monoisotopic (exact) mass is 405 g/mol. The Labute approximate surface area is 162 Å². The number of aromatic nitrogens is 1. The zero-order chi connectivity index (χ0) is 19.2. The number of nitrogens with two attached hydrogens (primary N) is 1. The third-order valence-electron chi connectivity index (χ3n) is 3.50. The van der Waals surface area contributed by atoms with E-state index in [1.165, 1.54) is 11.3 Å². The number of aromatic hydroxyl groups is 1. The van der Waals surface area contributed by atoms with Gasteiger partial charge < -0.3 is 10.4 Å². The first-order valence-corrected chi connectivity index (χ1v) is 9.36. The molecule has 1 heterocycles. The molecule has 1 aromatic heterocycles. The predicted molar refractivity (Wildman–Crippen MR) is 103 cm³/mol. The number of rotatable bonds is 7. The van der Waals surface area contributed by atoms with Gasteiger partial charge in [0.15, 0.2) is 0 Å².